The van der Waals surface area contributed by atoms with Crippen LogP contribution in [0.2, 0.25) is 0 Å². The second-order valence-electron chi connectivity index (χ2n) is 5.63. The molecule has 1 heterocycles. The minimum atomic E-state index is -0.250. The summed E-state index contributed by atoms with van der Waals surface area (Å²) in [6.07, 6.45) is 4.45. The molecule has 0 bridgehead atoms. The van der Waals surface area contributed by atoms with E-state index in [1.165, 1.54) is 12.8 Å². The zero-order valence-corrected chi connectivity index (χ0v) is 11.1. The number of hydrogen-bond donors (Lipinski definition) is 1. The van der Waals surface area contributed by atoms with Gasteiger partial charge in [-0.1, -0.05) is 0 Å². The second kappa shape index (κ2) is 4.61. The zero-order valence-electron chi connectivity index (χ0n) is 11.1. The summed E-state index contributed by atoms with van der Waals surface area (Å²) in [4.78, 5) is 8.63. The number of aryl methyl sites for hydroxylation is 1. The van der Waals surface area contributed by atoms with Crippen molar-refractivity contribution in [2.75, 3.05) is 0 Å². The van der Waals surface area contributed by atoms with Gasteiger partial charge in [0.2, 0.25) is 0 Å². The highest BCUT2D eigenvalue weighted by molar-refractivity contribution is 5.18. The largest absolute Gasteiger partial charge is 0.458 e. The van der Waals surface area contributed by atoms with Gasteiger partial charge in [-0.3, -0.25) is 0 Å². The van der Waals surface area contributed by atoms with E-state index in [4.69, 9.17) is 4.74 Å². The first-order valence-corrected chi connectivity index (χ1v) is 6.19. The van der Waals surface area contributed by atoms with E-state index in [-0.39, 0.29) is 5.60 Å². The Bertz CT molecular complexity index is 394. The molecule has 4 heteroatoms. The number of aromatic nitrogens is 2. The van der Waals surface area contributed by atoms with E-state index < -0.39 is 0 Å². The SMILES string of the molecule is Cc1nc(OC(C)(C)C)ncc1CNC1CC1. The topological polar surface area (TPSA) is 47.0 Å². The third-order valence-corrected chi connectivity index (χ3v) is 2.61. The quantitative estimate of drug-likeness (QED) is 0.869. The summed E-state index contributed by atoms with van der Waals surface area (Å²) in [5.74, 6) is 0. The molecular formula is C13H21N3O. The van der Waals surface area contributed by atoms with Gasteiger partial charge >= 0.3 is 6.01 Å². The molecule has 0 aliphatic heterocycles. The summed E-state index contributed by atoms with van der Waals surface area (Å²) < 4.78 is 5.63. The molecule has 1 aliphatic carbocycles. The Kier molecular flexibility index (Phi) is 3.33. The predicted octanol–water partition coefficient (Wildman–Crippen LogP) is 2.21. The minimum absolute atomic E-state index is 0.250. The molecule has 0 aromatic carbocycles. The fraction of sp³-hybridized carbons (Fsp3) is 0.692. The fourth-order valence-electron chi connectivity index (χ4n) is 1.51. The zero-order chi connectivity index (χ0) is 12.5. The summed E-state index contributed by atoms with van der Waals surface area (Å²) in [6, 6.07) is 1.17. The molecule has 17 heavy (non-hydrogen) atoms. The van der Waals surface area contributed by atoms with Crippen LogP contribution in [0.5, 0.6) is 6.01 Å². The van der Waals surface area contributed by atoms with Crippen LogP contribution in [0, 0.1) is 6.92 Å². The van der Waals surface area contributed by atoms with Crippen LogP contribution < -0.4 is 10.1 Å². The summed E-state index contributed by atoms with van der Waals surface area (Å²) in [7, 11) is 0. The normalized spacial score (nSPS) is 16.0. The molecule has 0 spiro atoms. The minimum Gasteiger partial charge on any atom is -0.458 e. The van der Waals surface area contributed by atoms with Crippen molar-refractivity contribution in [3.05, 3.63) is 17.5 Å². The third kappa shape index (κ3) is 3.97. The Morgan fingerprint density at radius 1 is 1.41 bits per heavy atom. The molecule has 1 aliphatic rings. The first-order chi connectivity index (χ1) is 7.94. The molecule has 0 unspecified atom stereocenters. The number of rotatable bonds is 4. The summed E-state index contributed by atoms with van der Waals surface area (Å²) in [5, 5.41) is 3.46. The molecule has 1 N–H and O–H groups in total. The Balaban J connectivity index is 1.99. The van der Waals surface area contributed by atoms with E-state index in [1.807, 2.05) is 33.9 Å². The van der Waals surface area contributed by atoms with Gasteiger partial charge in [-0.05, 0) is 40.5 Å². The van der Waals surface area contributed by atoms with Gasteiger partial charge in [0.05, 0.1) is 0 Å². The monoisotopic (exact) mass is 235 g/mol. The second-order valence-corrected chi connectivity index (χ2v) is 5.63. The van der Waals surface area contributed by atoms with Crippen molar-refractivity contribution in [3.8, 4) is 6.01 Å². The molecule has 1 aromatic rings. The first-order valence-electron chi connectivity index (χ1n) is 6.19. The van der Waals surface area contributed by atoms with Crippen molar-refractivity contribution in [1.29, 1.82) is 0 Å². The molecule has 0 amide bonds. The number of hydrogen-bond acceptors (Lipinski definition) is 4. The molecule has 2 rings (SSSR count). The lowest BCUT2D eigenvalue weighted by Crippen LogP contribution is -2.24. The van der Waals surface area contributed by atoms with E-state index in [0.717, 1.165) is 17.8 Å². The highest BCUT2D eigenvalue weighted by atomic mass is 16.5. The maximum atomic E-state index is 5.63. The molecule has 1 aromatic heterocycles. The third-order valence-electron chi connectivity index (χ3n) is 2.61. The summed E-state index contributed by atoms with van der Waals surface area (Å²) >= 11 is 0. The van der Waals surface area contributed by atoms with Gasteiger partial charge in [-0.25, -0.2) is 9.97 Å². The van der Waals surface area contributed by atoms with Crippen LogP contribution in [-0.4, -0.2) is 21.6 Å². The fourth-order valence-corrected chi connectivity index (χ4v) is 1.51. The maximum Gasteiger partial charge on any atom is 0.317 e. The van der Waals surface area contributed by atoms with E-state index in [0.29, 0.717) is 12.1 Å². The van der Waals surface area contributed by atoms with Crippen LogP contribution in [-0.2, 0) is 6.54 Å². The average molecular weight is 235 g/mol. The lowest BCUT2D eigenvalue weighted by atomic mass is 10.2. The molecule has 0 radical (unpaired) electrons. The predicted molar refractivity (Wildman–Crippen MR) is 67.0 cm³/mol. The molecule has 0 saturated heterocycles. The summed E-state index contributed by atoms with van der Waals surface area (Å²) in [5.41, 5.74) is 1.89. The molecule has 94 valence electrons. The standard InChI is InChI=1S/C13H21N3O/c1-9-10(7-14-11-5-6-11)8-15-12(16-9)17-13(2,3)4/h8,11,14H,5-7H2,1-4H3. The van der Waals surface area contributed by atoms with E-state index in [1.54, 1.807) is 0 Å². The molecule has 0 atom stereocenters. The average Bonchev–Trinajstić information content (AvgIpc) is 2.97. The van der Waals surface area contributed by atoms with Crippen LogP contribution in [0.15, 0.2) is 6.20 Å². The van der Waals surface area contributed by atoms with Gasteiger partial charge in [0.25, 0.3) is 0 Å². The van der Waals surface area contributed by atoms with Crippen molar-refractivity contribution < 1.29 is 4.74 Å². The van der Waals surface area contributed by atoms with Gasteiger partial charge in [-0.2, -0.15) is 0 Å². The number of nitrogens with zero attached hydrogens (tertiary/aromatic N) is 2. The number of ether oxygens (including phenoxy) is 1. The Morgan fingerprint density at radius 3 is 2.65 bits per heavy atom. The van der Waals surface area contributed by atoms with Crippen molar-refractivity contribution in [3.63, 3.8) is 0 Å². The highest BCUT2D eigenvalue weighted by Crippen LogP contribution is 2.20. The van der Waals surface area contributed by atoms with Crippen LogP contribution in [0.4, 0.5) is 0 Å². The maximum absolute atomic E-state index is 5.63. The van der Waals surface area contributed by atoms with Crippen molar-refractivity contribution >= 4 is 0 Å². The summed E-state index contributed by atoms with van der Waals surface area (Å²) in [6.45, 7) is 8.84. The van der Waals surface area contributed by atoms with Crippen LogP contribution in [0.25, 0.3) is 0 Å². The van der Waals surface area contributed by atoms with Gasteiger partial charge in [-0.15, -0.1) is 0 Å². The van der Waals surface area contributed by atoms with Crippen LogP contribution in [0.3, 0.4) is 0 Å². The Labute approximate surface area is 103 Å². The molecule has 1 saturated carbocycles. The Morgan fingerprint density at radius 2 is 2.12 bits per heavy atom. The van der Waals surface area contributed by atoms with Crippen molar-refractivity contribution in [2.45, 2.75) is 58.7 Å². The van der Waals surface area contributed by atoms with Crippen LogP contribution >= 0.6 is 0 Å². The van der Waals surface area contributed by atoms with E-state index >= 15 is 0 Å². The molecule has 1 fully saturated rings. The van der Waals surface area contributed by atoms with Gasteiger partial charge < -0.3 is 10.1 Å². The lowest BCUT2D eigenvalue weighted by Gasteiger charge is -2.19. The van der Waals surface area contributed by atoms with E-state index in [2.05, 4.69) is 15.3 Å². The Hall–Kier alpha value is -1.16. The highest BCUT2D eigenvalue weighted by Gasteiger charge is 2.20. The van der Waals surface area contributed by atoms with Crippen molar-refractivity contribution in [2.24, 2.45) is 0 Å². The molecular weight excluding hydrogens is 214 g/mol. The van der Waals surface area contributed by atoms with Crippen molar-refractivity contribution in [1.82, 2.24) is 15.3 Å². The van der Waals surface area contributed by atoms with Gasteiger partial charge in [0.15, 0.2) is 0 Å². The number of nitrogens with one attached hydrogen (secondary N) is 1. The van der Waals surface area contributed by atoms with E-state index in [9.17, 15) is 0 Å². The lowest BCUT2D eigenvalue weighted by molar-refractivity contribution is 0.116. The smallest absolute Gasteiger partial charge is 0.317 e. The van der Waals surface area contributed by atoms with Gasteiger partial charge in [0, 0.05) is 30.0 Å². The van der Waals surface area contributed by atoms with Crippen LogP contribution in [0.1, 0.15) is 44.9 Å². The first kappa shape index (κ1) is 12.3. The molecule has 4 nitrogen and oxygen atoms in total. The van der Waals surface area contributed by atoms with Gasteiger partial charge in [0.1, 0.15) is 5.60 Å².